The number of rotatable bonds is 2. The van der Waals surface area contributed by atoms with Crippen molar-refractivity contribution < 1.29 is 9.47 Å². The average molecular weight is 197 g/mol. The highest BCUT2D eigenvalue weighted by Crippen LogP contribution is 2.23. The molecule has 5 heteroatoms. The summed E-state index contributed by atoms with van der Waals surface area (Å²) in [4.78, 5) is 0. The SMILES string of the molecule is CC1(C)COC(Cn2ccnn2)OC1. The fourth-order valence-electron chi connectivity index (χ4n) is 1.32. The molecule has 0 aromatic carbocycles. The Hall–Kier alpha value is -0.940. The molecule has 5 nitrogen and oxygen atoms in total. The molecule has 0 atom stereocenters. The lowest BCUT2D eigenvalue weighted by Crippen LogP contribution is -2.39. The number of hydrogen-bond donors (Lipinski definition) is 0. The van der Waals surface area contributed by atoms with Gasteiger partial charge < -0.3 is 9.47 Å². The minimum absolute atomic E-state index is 0.124. The monoisotopic (exact) mass is 197 g/mol. The van der Waals surface area contributed by atoms with Crippen molar-refractivity contribution in [3.05, 3.63) is 12.4 Å². The largest absolute Gasteiger partial charge is 0.350 e. The molecule has 0 amide bonds. The van der Waals surface area contributed by atoms with E-state index in [1.54, 1.807) is 17.1 Å². The van der Waals surface area contributed by atoms with Gasteiger partial charge in [0, 0.05) is 11.6 Å². The van der Waals surface area contributed by atoms with Crippen LogP contribution >= 0.6 is 0 Å². The predicted molar refractivity (Wildman–Crippen MR) is 49.5 cm³/mol. The number of hydrogen-bond acceptors (Lipinski definition) is 4. The zero-order valence-corrected chi connectivity index (χ0v) is 8.51. The van der Waals surface area contributed by atoms with Crippen molar-refractivity contribution >= 4 is 0 Å². The van der Waals surface area contributed by atoms with Gasteiger partial charge in [0.25, 0.3) is 0 Å². The van der Waals surface area contributed by atoms with Gasteiger partial charge >= 0.3 is 0 Å². The molecule has 0 unspecified atom stereocenters. The molecule has 2 rings (SSSR count). The van der Waals surface area contributed by atoms with Crippen molar-refractivity contribution in [2.45, 2.75) is 26.7 Å². The van der Waals surface area contributed by atoms with Crippen LogP contribution in [0.2, 0.25) is 0 Å². The van der Waals surface area contributed by atoms with Crippen LogP contribution in [0.25, 0.3) is 0 Å². The number of nitrogens with zero attached hydrogens (tertiary/aromatic N) is 3. The van der Waals surface area contributed by atoms with Gasteiger partial charge in [0.15, 0.2) is 6.29 Å². The van der Waals surface area contributed by atoms with Gasteiger partial charge in [-0.05, 0) is 0 Å². The van der Waals surface area contributed by atoms with Crippen molar-refractivity contribution in [2.24, 2.45) is 5.41 Å². The maximum absolute atomic E-state index is 5.56. The first-order chi connectivity index (χ1) is 6.66. The van der Waals surface area contributed by atoms with Gasteiger partial charge in [0.1, 0.15) is 0 Å². The Morgan fingerprint density at radius 3 is 2.71 bits per heavy atom. The predicted octanol–water partition coefficient (Wildman–Crippen LogP) is 0.677. The van der Waals surface area contributed by atoms with Crippen LogP contribution in [0.5, 0.6) is 0 Å². The smallest absolute Gasteiger partial charge is 0.177 e. The van der Waals surface area contributed by atoms with Crippen LogP contribution in [0.4, 0.5) is 0 Å². The van der Waals surface area contributed by atoms with E-state index >= 15 is 0 Å². The van der Waals surface area contributed by atoms with Gasteiger partial charge in [-0.25, -0.2) is 4.68 Å². The molecular weight excluding hydrogens is 182 g/mol. The molecule has 0 spiro atoms. The molecule has 0 N–H and O–H groups in total. The molecular formula is C9H15N3O2. The first-order valence-electron chi connectivity index (χ1n) is 4.73. The number of aromatic nitrogens is 3. The minimum atomic E-state index is -0.190. The summed E-state index contributed by atoms with van der Waals surface area (Å²) in [6, 6.07) is 0. The van der Waals surface area contributed by atoms with E-state index in [2.05, 4.69) is 24.2 Å². The second kappa shape index (κ2) is 3.67. The second-order valence-corrected chi connectivity index (χ2v) is 4.34. The molecule has 1 aromatic rings. The molecule has 0 saturated carbocycles. The molecule has 1 saturated heterocycles. The third-order valence-corrected chi connectivity index (χ3v) is 2.13. The van der Waals surface area contributed by atoms with Crippen LogP contribution in [0, 0.1) is 5.41 Å². The summed E-state index contributed by atoms with van der Waals surface area (Å²) in [5.41, 5.74) is 0.124. The Balaban J connectivity index is 1.85. The first-order valence-corrected chi connectivity index (χ1v) is 4.73. The van der Waals surface area contributed by atoms with Crippen molar-refractivity contribution in [3.8, 4) is 0 Å². The lowest BCUT2D eigenvalue weighted by Gasteiger charge is -2.34. The maximum atomic E-state index is 5.56. The Morgan fingerprint density at radius 1 is 1.43 bits per heavy atom. The summed E-state index contributed by atoms with van der Waals surface area (Å²) in [6.45, 7) is 6.31. The molecule has 1 aliphatic heterocycles. The van der Waals surface area contributed by atoms with E-state index in [4.69, 9.17) is 9.47 Å². The highest BCUT2D eigenvalue weighted by atomic mass is 16.7. The topological polar surface area (TPSA) is 49.2 Å². The Morgan fingerprint density at radius 2 is 2.14 bits per heavy atom. The van der Waals surface area contributed by atoms with Crippen molar-refractivity contribution in [2.75, 3.05) is 13.2 Å². The molecule has 78 valence electrons. The Kier molecular flexibility index (Phi) is 2.52. The first kappa shape index (κ1) is 9.61. The third kappa shape index (κ3) is 2.30. The molecule has 0 radical (unpaired) electrons. The summed E-state index contributed by atoms with van der Waals surface area (Å²) >= 11 is 0. The quantitative estimate of drug-likeness (QED) is 0.699. The van der Waals surface area contributed by atoms with Crippen LogP contribution in [-0.2, 0) is 16.0 Å². The molecule has 14 heavy (non-hydrogen) atoms. The summed E-state index contributed by atoms with van der Waals surface area (Å²) in [5, 5.41) is 7.57. The summed E-state index contributed by atoms with van der Waals surface area (Å²) in [6.07, 6.45) is 3.25. The van der Waals surface area contributed by atoms with E-state index in [-0.39, 0.29) is 11.7 Å². The third-order valence-electron chi connectivity index (χ3n) is 2.13. The van der Waals surface area contributed by atoms with Crippen LogP contribution in [0.15, 0.2) is 12.4 Å². The van der Waals surface area contributed by atoms with Crippen LogP contribution in [0.3, 0.4) is 0 Å². The normalized spacial score (nSPS) is 22.4. The van der Waals surface area contributed by atoms with E-state index in [0.29, 0.717) is 6.54 Å². The minimum Gasteiger partial charge on any atom is -0.350 e. The standard InChI is InChI=1S/C9H15N3O2/c1-9(2)6-13-8(14-7-9)5-12-4-3-10-11-12/h3-4,8H,5-7H2,1-2H3. The van der Waals surface area contributed by atoms with Gasteiger partial charge in [-0.15, -0.1) is 5.10 Å². The fourth-order valence-corrected chi connectivity index (χ4v) is 1.32. The van der Waals surface area contributed by atoms with Crippen LogP contribution in [0.1, 0.15) is 13.8 Å². The lowest BCUT2D eigenvalue weighted by atomic mass is 9.96. The average Bonchev–Trinajstić information content (AvgIpc) is 2.61. The van der Waals surface area contributed by atoms with E-state index < -0.39 is 0 Å². The Labute approximate surface area is 83.0 Å². The van der Waals surface area contributed by atoms with E-state index in [9.17, 15) is 0 Å². The molecule has 0 aliphatic carbocycles. The summed E-state index contributed by atoms with van der Waals surface area (Å²) in [7, 11) is 0. The highest BCUT2D eigenvalue weighted by Gasteiger charge is 2.28. The van der Waals surface area contributed by atoms with Gasteiger partial charge in [0.2, 0.25) is 0 Å². The van der Waals surface area contributed by atoms with Crippen molar-refractivity contribution in [1.29, 1.82) is 0 Å². The molecule has 2 heterocycles. The lowest BCUT2D eigenvalue weighted by molar-refractivity contribution is -0.227. The van der Waals surface area contributed by atoms with Crippen LogP contribution in [-0.4, -0.2) is 34.5 Å². The maximum Gasteiger partial charge on any atom is 0.177 e. The van der Waals surface area contributed by atoms with Crippen molar-refractivity contribution in [1.82, 2.24) is 15.0 Å². The van der Waals surface area contributed by atoms with Gasteiger partial charge in [-0.2, -0.15) is 0 Å². The van der Waals surface area contributed by atoms with E-state index in [0.717, 1.165) is 13.2 Å². The van der Waals surface area contributed by atoms with E-state index in [1.165, 1.54) is 0 Å². The van der Waals surface area contributed by atoms with Gasteiger partial charge in [-0.1, -0.05) is 19.1 Å². The fraction of sp³-hybridized carbons (Fsp3) is 0.778. The zero-order chi connectivity index (χ0) is 10.0. The number of ether oxygens (including phenoxy) is 2. The van der Waals surface area contributed by atoms with Gasteiger partial charge in [-0.3, -0.25) is 0 Å². The van der Waals surface area contributed by atoms with Gasteiger partial charge in [0.05, 0.1) is 26.0 Å². The van der Waals surface area contributed by atoms with Crippen molar-refractivity contribution in [3.63, 3.8) is 0 Å². The summed E-state index contributed by atoms with van der Waals surface area (Å²) < 4.78 is 12.8. The van der Waals surface area contributed by atoms with Crippen LogP contribution < -0.4 is 0 Å². The molecule has 1 aromatic heterocycles. The highest BCUT2D eigenvalue weighted by molar-refractivity contribution is 4.72. The molecule has 0 bridgehead atoms. The second-order valence-electron chi connectivity index (χ2n) is 4.34. The molecule has 1 fully saturated rings. The van der Waals surface area contributed by atoms with E-state index in [1.807, 2.05) is 0 Å². The summed E-state index contributed by atoms with van der Waals surface area (Å²) in [5.74, 6) is 0. The molecule has 1 aliphatic rings. The zero-order valence-electron chi connectivity index (χ0n) is 8.51. The Bertz CT molecular complexity index is 274.